The third-order valence-electron chi connectivity index (χ3n) is 3.79. The molecule has 0 aliphatic rings. The lowest BCUT2D eigenvalue weighted by molar-refractivity contribution is -0.127. The second-order valence-corrected chi connectivity index (χ2v) is 7.14. The van der Waals surface area contributed by atoms with Gasteiger partial charge in [0.25, 0.3) is 0 Å². The number of methoxy groups -OCH3 is 1. The molecule has 142 valence electrons. The summed E-state index contributed by atoms with van der Waals surface area (Å²) in [6.45, 7) is 5.87. The van der Waals surface area contributed by atoms with Crippen molar-refractivity contribution < 1.29 is 22.6 Å². The van der Waals surface area contributed by atoms with Gasteiger partial charge in [-0.3, -0.25) is 0 Å². The number of benzene rings is 2. The molecule has 0 heterocycles. The maximum Gasteiger partial charge on any atom is 0.393 e. The summed E-state index contributed by atoms with van der Waals surface area (Å²) in [6, 6.07) is 9.90. The van der Waals surface area contributed by atoms with E-state index >= 15 is 0 Å². The van der Waals surface area contributed by atoms with Crippen molar-refractivity contribution in [3.05, 3.63) is 47.5 Å². The molecule has 0 fully saturated rings. The summed E-state index contributed by atoms with van der Waals surface area (Å²) in [7, 11) is 1.55. The van der Waals surface area contributed by atoms with Crippen LogP contribution in [0.15, 0.2) is 36.4 Å². The number of hydrogen-bond donors (Lipinski definition) is 1. The summed E-state index contributed by atoms with van der Waals surface area (Å²) in [4.78, 5) is 0. The number of nitrogens with two attached hydrogens (primary N) is 1. The lowest BCUT2D eigenvalue weighted by Crippen LogP contribution is -2.19. The molecule has 0 atom stereocenters. The molecule has 6 heteroatoms. The second kappa shape index (κ2) is 7.58. The Morgan fingerprint density at radius 2 is 1.65 bits per heavy atom. The monoisotopic (exact) mass is 367 g/mol. The average Bonchev–Trinajstić information content (AvgIpc) is 2.52. The molecular weight excluding hydrogens is 343 g/mol. The molecule has 2 aromatic carbocycles. The van der Waals surface area contributed by atoms with Crippen molar-refractivity contribution in [3.63, 3.8) is 0 Å². The van der Waals surface area contributed by atoms with Crippen LogP contribution < -0.4 is 10.5 Å². The number of halogens is 3. The number of rotatable bonds is 5. The summed E-state index contributed by atoms with van der Waals surface area (Å²) >= 11 is 0. The Morgan fingerprint density at radius 1 is 0.962 bits per heavy atom. The van der Waals surface area contributed by atoms with Crippen molar-refractivity contribution in [1.29, 1.82) is 0 Å². The van der Waals surface area contributed by atoms with Crippen LogP contribution in [0.2, 0.25) is 0 Å². The minimum Gasteiger partial charge on any atom is -0.497 e. The lowest BCUT2D eigenvalue weighted by Gasteiger charge is -2.22. The van der Waals surface area contributed by atoms with Gasteiger partial charge in [0.15, 0.2) is 0 Å². The van der Waals surface area contributed by atoms with Crippen LogP contribution in [0.25, 0.3) is 11.1 Å². The standard InChI is InChI=1S/C20H24F3NO2/c1-19(2,3)26-12-14-9-13(11-20(21,22)23)5-7-16(14)17-10-15(25-4)6-8-18(17)24/h5-10H,11-12,24H2,1-4H3. The lowest BCUT2D eigenvalue weighted by atomic mass is 9.95. The maximum absolute atomic E-state index is 12.8. The summed E-state index contributed by atoms with van der Waals surface area (Å²) in [5, 5.41) is 0. The van der Waals surface area contributed by atoms with E-state index in [1.807, 2.05) is 20.8 Å². The Morgan fingerprint density at radius 3 is 2.23 bits per heavy atom. The zero-order valence-corrected chi connectivity index (χ0v) is 15.4. The van der Waals surface area contributed by atoms with Gasteiger partial charge in [-0.25, -0.2) is 0 Å². The zero-order valence-electron chi connectivity index (χ0n) is 15.4. The Hall–Kier alpha value is -2.21. The highest BCUT2D eigenvalue weighted by Crippen LogP contribution is 2.34. The van der Waals surface area contributed by atoms with E-state index in [1.54, 1.807) is 31.4 Å². The molecule has 2 aromatic rings. The van der Waals surface area contributed by atoms with E-state index in [0.717, 1.165) is 5.56 Å². The van der Waals surface area contributed by atoms with Crippen LogP contribution in [0.3, 0.4) is 0 Å². The van der Waals surface area contributed by atoms with Crippen molar-refractivity contribution in [3.8, 4) is 16.9 Å². The van der Waals surface area contributed by atoms with Gasteiger partial charge in [0.1, 0.15) is 5.75 Å². The van der Waals surface area contributed by atoms with Gasteiger partial charge >= 0.3 is 6.18 Å². The predicted octanol–water partition coefficient (Wildman–Crippen LogP) is 5.36. The van der Waals surface area contributed by atoms with Gasteiger partial charge in [0.2, 0.25) is 0 Å². The van der Waals surface area contributed by atoms with Crippen LogP contribution in [0.5, 0.6) is 5.75 Å². The molecular formula is C20H24F3NO2. The summed E-state index contributed by atoms with van der Waals surface area (Å²) < 4.78 is 49.3. The van der Waals surface area contributed by atoms with Crippen LogP contribution in [0.1, 0.15) is 31.9 Å². The van der Waals surface area contributed by atoms with E-state index in [4.69, 9.17) is 15.2 Å². The first-order valence-corrected chi connectivity index (χ1v) is 8.25. The fraction of sp³-hybridized carbons (Fsp3) is 0.400. The molecule has 0 unspecified atom stereocenters. The van der Waals surface area contributed by atoms with E-state index < -0.39 is 18.2 Å². The quantitative estimate of drug-likeness (QED) is 0.723. The topological polar surface area (TPSA) is 44.5 Å². The smallest absolute Gasteiger partial charge is 0.393 e. The van der Waals surface area contributed by atoms with Gasteiger partial charge in [0.05, 0.1) is 25.7 Å². The number of nitrogen functional groups attached to an aromatic ring is 1. The minimum absolute atomic E-state index is 0.182. The highest BCUT2D eigenvalue weighted by Gasteiger charge is 2.28. The van der Waals surface area contributed by atoms with E-state index in [1.165, 1.54) is 12.1 Å². The molecule has 0 aliphatic heterocycles. The fourth-order valence-electron chi connectivity index (χ4n) is 2.56. The van der Waals surface area contributed by atoms with Crippen molar-refractivity contribution >= 4 is 5.69 Å². The van der Waals surface area contributed by atoms with E-state index in [9.17, 15) is 13.2 Å². The van der Waals surface area contributed by atoms with E-state index in [-0.39, 0.29) is 12.2 Å². The molecule has 2 rings (SSSR count). The minimum atomic E-state index is -4.27. The third kappa shape index (κ3) is 5.66. The third-order valence-corrected chi connectivity index (χ3v) is 3.79. The second-order valence-electron chi connectivity index (χ2n) is 7.14. The molecule has 0 saturated heterocycles. The first-order chi connectivity index (χ1) is 12.0. The largest absolute Gasteiger partial charge is 0.497 e. The molecule has 2 N–H and O–H groups in total. The Labute approximate surface area is 151 Å². The molecule has 0 aromatic heterocycles. The van der Waals surface area contributed by atoms with Gasteiger partial charge in [0, 0.05) is 11.3 Å². The molecule has 3 nitrogen and oxygen atoms in total. The summed E-state index contributed by atoms with van der Waals surface area (Å²) in [5.74, 6) is 0.622. The predicted molar refractivity (Wildman–Crippen MR) is 97.1 cm³/mol. The Kier molecular flexibility index (Phi) is 5.86. The van der Waals surface area contributed by atoms with Crippen LogP contribution in [0.4, 0.5) is 18.9 Å². The normalized spacial score (nSPS) is 12.3. The van der Waals surface area contributed by atoms with Crippen molar-refractivity contribution in [2.24, 2.45) is 0 Å². The van der Waals surface area contributed by atoms with Gasteiger partial charge in [-0.2, -0.15) is 13.2 Å². The molecule has 0 bridgehead atoms. The Bertz CT molecular complexity index is 765. The van der Waals surface area contributed by atoms with Gasteiger partial charge in [-0.1, -0.05) is 18.2 Å². The number of alkyl halides is 3. The summed E-state index contributed by atoms with van der Waals surface area (Å²) in [6.07, 6.45) is -5.25. The van der Waals surface area contributed by atoms with Crippen LogP contribution in [0, 0.1) is 0 Å². The first kappa shape index (κ1) is 20.1. The van der Waals surface area contributed by atoms with E-state index in [2.05, 4.69) is 0 Å². The molecule has 26 heavy (non-hydrogen) atoms. The Balaban J connectivity index is 2.50. The SMILES string of the molecule is COc1ccc(N)c(-c2ccc(CC(F)(F)F)cc2COC(C)(C)C)c1. The van der Waals surface area contributed by atoms with Crippen molar-refractivity contribution in [1.82, 2.24) is 0 Å². The highest BCUT2D eigenvalue weighted by molar-refractivity contribution is 5.80. The molecule has 0 radical (unpaired) electrons. The average molecular weight is 367 g/mol. The fourth-order valence-corrected chi connectivity index (χ4v) is 2.56. The highest BCUT2D eigenvalue weighted by atomic mass is 19.4. The number of hydrogen-bond acceptors (Lipinski definition) is 3. The maximum atomic E-state index is 12.8. The number of anilines is 1. The molecule has 0 aliphatic carbocycles. The molecule has 0 amide bonds. The van der Waals surface area contributed by atoms with Crippen LogP contribution in [-0.2, 0) is 17.8 Å². The zero-order chi connectivity index (χ0) is 19.5. The van der Waals surface area contributed by atoms with Crippen molar-refractivity contribution in [2.45, 2.75) is 45.6 Å². The van der Waals surface area contributed by atoms with Crippen molar-refractivity contribution in [2.75, 3.05) is 12.8 Å². The first-order valence-electron chi connectivity index (χ1n) is 8.25. The van der Waals surface area contributed by atoms with Crippen LogP contribution >= 0.6 is 0 Å². The number of ether oxygens (including phenoxy) is 2. The summed E-state index contributed by atoms with van der Waals surface area (Å²) in [5.41, 5.74) is 8.47. The molecule has 0 saturated carbocycles. The molecule has 0 spiro atoms. The van der Waals surface area contributed by atoms with E-state index in [0.29, 0.717) is 22.6 Å². The van der Waals surface area contributed by atoms with Gasteiger partial charge in [-0.15, -0.1) is 0 Å². The van der Waals surface area contributed by atoms with Crippen LogP contribution in [-0.4, -0.2) is 18.9 Å². The van der Waals surface area contributed by atoms with Gasteiger partial charge in [-0.05, 0) is 55.7 Å². The van der Waals surface area contributed by atoms with Gasteiger partial charge < -0.3 is 15.2 Å².